The zero-order valence-electron chi connectivity index (χ0n) is 33.2. The van der Waals surface area contributed by atoms with Crippen LogP contribution in [0.1, 0.15) is 34.6 Å². The molecule has 0 spiro atoms. The summed E-state index contributed by atoms with van der Waals surface area (Å²) < 4.78 is 67.3. The number of hydrogen-bond acceptors (Lipinski definition) is 1. The van der Waals surface area contributed by atoms with Crippen LogP contribution in [0, 0.1) is 0 Å². The highest BCUT2D eigenvalue weighted by Crippen LogP contribution is 2.53. The van der Waals surface area contributed by atoms with E-state index in [1.807, 2.05) is 24.3 Å². The summed E-state index contributed by atoms with van der Waals surface area (Å²) in [6, 6.07) is 33.3. The summed E-state index contributed by atoms with van der Waals surface area (Å²) in [5.74, 6) is 0. The molecule has 0 aliphatic heterocycles. The van der Waals surface area contributed by atoms with Crippen LogP contribution < -0.4 is 0 Å². The van der Waals surface area contributed by atoms with Gasteiger partial charge in [0, 0.05) is 21.8 Å². The van der Waals surface area contributed by atoms with E-state index in [4.69, 9.17) is 14.0 Å². The first-order chi connectivity index (χ1) is 26.5. The first-order valence-corrected chi connectivity index (χ1v) is 16.3. The highest BCUT2D eigenvalue weighted by atomic mass is 16.3. The van der Waals surface area contributed by atoms with E-state index in [1.54, 1.807) is 0 Å². The molecule has 0 saturated heterocycles. The third-order valence-electron chi connectivity index (χ3n) is 10.7. The molecule has 1 nitrogen and oxygen atoms in total. The Bertz CT molecular complexity index is 3370. The fraction of sp³-hybridized carbons (Fsp3) is 0.0638. The van der Waals surface area contributed by atoms with E-state index in [0.717, 1.165) is 65.4 Å². The minimum Gasteiger partial charge on any atom is -0.456 e. The zero-order chi connectivity index (χ0) is 37.8. The van der Waals surface area contributed by atoms with Crippen LogP contribution in [0.15, 0.2) is 150 Å². The molecule has 48 heavy (non-hydrogen) atoms. The molecule has 0 N–H and O–H groups in total. The highest BCUT2D eigenvalue weighted by Gasteiger charge is 2.38. The fourth-order valence-electron chi connectivity index (χ4n) is 8.54. The molecule has 1 aliphatic rings. The van der Waals surface area contributed by atoms with Crippen molar-refractivity contribution in [2.75, 3.05) is 0 Å². The lowest BCUT2D eigenvalue weighted by molar-refractivity contribution is 0.620. The van der Waals surface area contributed by atoms with E-state index in [1.165, 1.54) is 22.3 Å². The van der Waals surface area contributed by atoms with Gasteiger partial charge in [-0.2, -0.15) is 0 Å². The molecule has 0 fully saturated rings. The maximum absolute atomic E-state index is 9.07. The second kappa shape index (κ2) is 9.12. The molecule has 0 atom stereocenters. The van der Waals surface area contributed by atoms with Crippen LogP contribution in [0.5, 0.6) is 0 Å². The standard InChI is InChI=1S/C47H30O/c1-47(2)41-13-6-5-11-35(41)38-23-24-39-40-26-30(18-25-42(40)48-46(39)45(38)47)32-19-14-28-17-22-37-34(20-15-29-16-21-36(32)43(28)44(29)37)33-12-7-9-27-8-3-4-10-31(27)33/h3-26H,1-2H3/i3D,4D,7D,8D,9D,10D,12D. The maximum atomic E-state index is 9.07. The molecular weight excluding hydrogens is 581 g/mol. The predicted octanol–water partition coefficient (Wildman–Crippen LogP) is 13.3. The van der Waals surface area contributed by atoms with Crippen molar-refractivity contribution in [2.24, 2.45) is 0 Å². The lowest BCUT2D eigenvalue weighted by Crippen LogP contribution is -2.15. The Hall–Kier alpha value is -5.92. The Morgan fingerprint density at radius 1 is 0.500 bits per heavy atom. The summed E-state index contributed by atoms with van der Waals surface area (Å²) in [6.45, 7) is 4.54. The number of fused-ring (bicyclic) bond motifs is 8. The minimum absolute atomic E-state index is 0.0461. The van der Waals surface area contributed by atoms with E-state index >= 15 is 0 Å². The Kier molecular flexibility index (Phi) is 3.86. The average Bonchev–Trinajstić information content (AvgIpc) is 3.68. The molecule has 0 unspecified atom stereocenters. The smallest absolute Gasteiger partial charge is 0.140 e. The molecule has 11 rings (SSSR count). The summed E-state index contributed by atoms with van der Waals surface area (Å²) >= 11 is 0. The van der Waals surface area contributed by atoms with Crippen LogP contribution >= 0.6 is 0 Å². The number of rotatable bonds is 2. The van der Waals surface area contributed by atoms with Crippen LogP contribution in [-0.4, -0.2) is 0 Å². The maximum Gasteiger partial charge on any atom is 0.140 e. The van der Waals surface area contributed by atoms with E-state index < -0.39 is 12.1 Å². The molecule has 0 amide bonds. The lowest BCUT2D eigenvalue weighted by atomic mass is 9.82. The second-order valence-corrected chi connectivity index (χ2v) is 13.5. The molecule has 224 valence electrons. The zero-order valence-corrected chi connectivity index (χ0v) is 26.2. The second-order valence-electron chi connectivity index (χ2n) is 13.5. The van der Waals surface area contributed by atoms with Crippen molar-refractivity contribution in [3.8, 4) is 33.4 Å². The Morgan fingerprint density at radius 2 is 1.19 bits per heavy atom. The van der Waals surface area contributed by atoms with Gasteiger partial charge in [0.1, 0.15) is 11.2 Å². The minimum atomic E-state index is -0.461. The van der Waals surface area contributed by atoms with E-state index in [-0.39, 0.29) is 52.0 Å². The third kappa shape index (κ3) is 3.31. The topological polar surface area (TPSA) is 13.1 Å². The van der Waals surface area contributed by atoms with E-state index in [0.29, 0.717) is 5.56 Å². The molecule has 1 heteroatoms. The molecule has 9 aromatic carbocycles. The Balaban J connectivity index is 1.15. The normalized spacial score (nSPS) is 15.8. The summed E-state index contributed by atoms with van der Waals surface area (Å²) in [4.78, 5) is 0. The van der Waals surface area contributed by atoms with Crippen molar-refractivity contribution in [3.05, 3.63) is 157 Å². The first kappa shape index (κ1) is 20.3. The van der Waals surface area contributed by atoms with Gasteiger partial charge >= 0.3 is 0 Å². The van der Waals surface area contributed by atoms with Gasteiger partial charge in [-0.05, 0) is 100 Å². The first-order valence-electron chi connectivity index (χ1n) is 19.8. The summed E-state index contributed by atoms with van der Waals surface area (Å²) in [7, 11) is 0. The van der Waals surface area contributed by atoms with Crippen molar-refractivity contribution in [1.82, 2.24) is 0 Å². The molecule has 0 bridgehead atoms. The van der Waals surface area contributed by atoms with Gasteiger partial charge < -0.3 is 4.42 Å². The van der Waals surface area contributed by atoms with Crippen LogP contribution in [0.25, 0.3) is 98.4 Å². The third-order valence-corrected chi connectivity index (χ3v) is 10.7. The van der Waals surface area contributed by atoms with Crippen molar-refractivity contribution < 1.29 is 14.0 Å². The monoisotopic (exact) mass is 617 g/mol. The van der Waals surface area contributed by atoms with Crippen molar-refractivity contribution in [2.45, 2.75) is 19.3 Å². The van der Waals surface area contributed by atoms with E-state index in [9.17, 15) is 0 Å². The van der Waals surface area contributed by atoms with Crippen LogP contribution in [0.3, 0.4) is 0 Å². The van der Waals surface area contributed by atoms with Gasteiger partial charge in [0.05, 0.1) is 9.60 Å². The lowest BCUT2D eigenvalue weighted by Gasteiger charge is -2.21. The Labute approximate surface area is 287 Å². The Morgan fingerprint density at radius 3 is 2.04 bits per heavy atom. The number of benzene rings is 9. The molecule has 0 saturated carbocycles. The largest absolute Gasteiger partial charge is 0.456 e. The SMILES string of the molecule is [2H]c1c([2H])c([2H])c2c(-c3ccc4ccc5c(-c6ccc7oc8c9c(ccc8c7c6)-c6ccccc6C9(C)C)ccc6ccc3c4c65)c([2H])c([2H])c([2H])c2c1[2H]. The molecule has 10 aromatic rings. The molecule has 1 aliphatic carbocycles. The van der Waals surface area contributed by atoms with Gasteiger partial charge in [0.25, 0.3) is 0 Å². The highest BCUT2D eigenvalue weighted by molar-refractivity contribution is 6.28. The summed E-state index contributed by atoms with van der Waals surface area (Å²) in [5.41, 5.74) is 9.50. The van der Waals surface area contributed by atoms with Gasteiger partial charge in [-0.3, -0.25) is 0 Å². The van der Waals surface area contributed by atoms with Crippen molar-refractivity contribution in [1.29, 1.82) is 0 Å². The quantitative estimate of drug-likeness (QED) is 0.176. The van der Waals surface area contributed by atoms with Crippen LogP contribution in [0.2, 0.25) is 0 Å². The molecular formula is C47H30O. The van der Waals surface area contributed by atoms with Crippen molar-refractivity contribution in [3.63, 3.8) is 0 Å². The molecule has 1 aromatic heterocycles. The van der Waals surface area contributed by atoms with Crippen LogP contribution in [-0.2, 0) is 5.41 Å². The number of hydrogen-bond donors (Lipinski definition) is 0. The molecule has 1 heterocycles. The van der Waals surface area contributed by atoms with Gasteiger partial charge in [-0.1, -0.05) is 141 Å². The van der Waals surface area contributed by atoms with Crippen LogP contribution in [0.4, 0.5) is 0 Å². The summed E-state index contributed by atoms with van der Waals surface area (Å²) in [6.07, 6.45) is 0. The summed E-state index contributed by atoms with van der Waals surface area (Å²) in [5, 5.41) is 8.09. The van der Waals surface area contributed by atoms with Gasteiger partial charge in [-0.15, -0.1) is 0 Å². The average molecular weight is 618 g/mol. The number of furan rings is 1. The van der Waals surface area contributed by atoms with E-state index in [2.05, 4.69) is 92.7 Å². The predicted molar refractivity (Wildman–Crippen MR) is 203 cm³/mol. The fourth-order valence-corrected chi connectivity index (χ4v) is 8.54. The van der Waals surface area contributed by atoms with Gasteiger partial charge in [0.15, 0.2) is 0 Å². The molecule has 0 radical (unpaired) electrons. The van der Waals surface area contributed by atoms with Gasteiger partial charge in [0.2, 0.25) is 0 Å². The van der Waals surface area contributed by atoms with Gasteiger partial charge in [-0.25, -0.2) is 0 Å². The van der Waals surface area contributed by atoms with Crippen molar-refractivity contribution >= 4 is 65.0 Å².